The lowest BCUT2D eigenvalue weighted by Crippen LogP contribution is -2.35. The van der Waals surface area contributed by atoms with Gasteiger partial charge in [0.2, 0.25) is 0 Å². The summed E-state index contributed by atoms with van der Waals surface area (Å²) in [5, 5.41) is 0. The van der Waals surface area contributed by atoms with Gasteiger partial charge in [-0.25, -0.2) is 0 Å². The van der Waals surface area contributed by atoms with Crippen LogP contribution in [0.3, 0.4) is 0 Å². The summed E-state index contributed by atoms with van der Waals surface area (Å²) >= 11 is 0. The molecule has 0 saturated heterocycles. The van der Waals surface area contributed by atoms with Crippen LogP contribution in [0.2, 0.25) is 0 Å². The number of anilines is 1. The van der Waals surface area contributed by atoms with Gasteiger partial charge >= 0.3 is 0 Å². The Morgan fingerprint density at radius 2 is 1.93 bits per heavy atom. The fraction of sp³-hybridized carbons (Fsp3) is 0.545. The smallest absolute Gasteiger partial charge is 0.253 e. The van der Waals surface area contributed by atoms with E-state index in [4.69, 9.17) is 5.73 Å². The summed E-state index contributed by atoms with van der Waals surface area (Å²) < 4.78 is 1.80. The summed E-state index contributed by atoms with van der Waals surface area (Å²) in [7, 11) is 0. The highest BCUT2D eigenvalue weighted by Crippen LogP contribution is 2.16. The molecular weight excluding hydrogens is 176 g/mol. The third-order valence-electron chi connectivity index (χ3n) is 2.16. The van der Waals surface area contributed by atoms with Crippen molar-refractivity contribution in [3.8, 4) is 0 Å². The normalized spacial score (nSPS) is 11.7. The monoisotopic (exact) mass is 194 g/mol. The summed E-state index contributed by atoms with van der Waals surface area (Å²) in [6.45, 7) is 8.08. The number of hydrogen-bond acceptors (Lipinski definition) is 2. The molecule has 0 saturated carbocycles. The number of aromatic nitrogens is 1. The maximum absolute atomic E-state index is 11.7. The fourth-order valence-corrected chi connectivity index (χ4v) is 1.67. The van der Waals surface area contributed by atoms with Crippen LogP contribution in [-0.2, 0) is 12.0 Å². The average molecular weight is 194 g/mol. The van der Waals surface area contributed by atoms with Crippen LogP contribution in [0.1, 0.15) is 33.4 Å². The van der Waals surface area contributed by atoms with Gasteiger partial charge in [0, 0.05) is 23.0 Å². The molecule has 0 fully saturated rings. The molecule has 0 radical (unpaired) electrons. The van der Waals surface area contributed by atoms with E-state index in [-0.39, 0.29) is 11.1 Å². The molecule has 1 aromatic heterocycles. The van der Waals surface area contributed by atoms with Gasteiger partial charge in [-0.05, 0) is 33.3 Å². The Bertz CT molecular complexity index is 385. The summed E-state index contributed by atoms with van der Waals surface area (Å²) in [6, 6.07) is 3.34. The number of nitrogens with two attached hydrogens (primary N) is 1. The predicted octanol–water partition coefficient (Wildman–Crippen LogP) is 1.75. The first kappa shape index (κ1) is 10.8. The Hall–Kier alpha value is -1.25. The first-order chi connectivity index (χ1) is 6.36. The van der Waals surface area contributed by atoms with Crippen molar-refractivity contribution in [2.75, 3.05) is 5.73 Å². The first-order valence-electron chi connectivity index (χ1n) is 4.88. The van der Waals surface area contributed by atoms with Crippen molar-refractivity contribution in [3.05, 3.63) is 28.2 Å². The average Bonchev–Trinajstić information content (AvgIpc) is 1.99. The van der Waals surface area contributed by atoms with Gasteiger partial charge in [-0.1, -0.05) is 6.92 Å². The van der Waals surface area contributed by atoms with Gasteiger partial charge in [-0.2, -0.15) is 0 Å². The largest absolute Gasteiger partial charge is 0.399 e. The Balaban J connectivity index is 3.49. The van der Waals surface area contributed by atoms with Gasteiger partial charge in [0.15, 0.2) is 0 Å². The molecule has 0 atom stereocenters. The second kappa shape index (κ2) is 3.48. The van der Waals surface area contributed by atoms with E-state index in [9.17, 15) is 4.79 Å². The molecule has 0 aliphatic carbocycles. The Morgan fingerprint density at radius 3 is 2.36 bits per heavy atom. The highest BCUT2D eigenvalue weighted by atomic mass is 16.1. The van der Waals surface area contributed by atoms with E-state index < -0.39 is 0 Å². The second-order valence-electron chi connectivity index (χ2n) is 4.48. The predicted molar refractivity (Wildman–Crippen MR) is 59.5 cm³/mol. The lowest BCUT2D eigenvalue weighted by molar-refractivity contribution is 0.372. The molecular formula is C11H18N2O. The van der Waals surface area contributed by atoms with Crippen LogP contribution in [0.5, 0.6) is 0 Å². The molecule has 0 aromatic carbocycles. The molecule has 14 heavy (non-hydrogen) atoms. The first-order valence-corrected chi connectivity index (χ1v) is 4.88. The minimum Gasteiger partial charge on any atom is -0.399 e. The topological polar surface area (TPSA) is 48.0 Å². The van der Waals surface area contributed by atoms with E-state index in [1.54, 1.807) is 4.57 Å². The molecule has 78 valence electrons. The van der Waals surface area contributed by atoms with E-state index in [0.29, 0.717) is 5.69 Å². The fourth-order valence-electron chi connectivity index (χ4n) is 1.67. The van der Waals surface area contributed by atoms with Crippen LogP contribution in [-0.4, -0.2) is 4.57 Å². The van der Waals surface area contributed by atoms with Gasteiger partial charge in [0.05, 0.1) is 0 Å². The molecule has 0 unspecified atom stereocenters. The lowest BCUT2D eigenvalue weighted by Gasteiger charge is -2.26. The Morgan fingerprint density at radius 1 is 1.36 bits per heavy atom. The Kier molecular flexibility index (Phi) is 2.69. The van der Waals surface area contributed by atoms with Crippen LogP contribution in [0.25, 0.3) is 0 Å². The number of hydrogen-bond donors (Lipinski definition) is 1. The van der Waals surface area contributed by atoms with Crippen LogP contribution < -0.4 is 11.3 Å². The lowest BCUT2D eigenvalue weighted by atomic mass is 10.1. The molecule has 1 heterocycles. The number of rotatable bonds is 1. The molecule has 0 spiro atoms. The zero-order valence-electron chi connectivity index (χ0n) is 9.29. The maximum atomic E-state index is 11.7. The molecule has 0 amide bonds. The third-order valence-corrected chi connectivity index (χ3v) is 2.16. The molecule has 1 rings (SSSR count). The van der Waals surface area contributed by atoms with E-state index in [1.807, 2.05) is 33.8 Å². The van der Waals surface area contributed by atoms with Crippen LogP contribution >= 0.6 is 0 Å². The number of nitrogen functional groups attached to an aromatic ring is 1. The van der Waals surface area contributed by atoms with Crippen molar-refractivity contribution in [3.63, 3.8) is 0 Å². The molecule has 3 nitrogen and oxygen atoms in total. The third kappa shape index (κ3) is 1.97. The zero-order valence-corrected chi connectivity index (χ0v) is 9.29. The summed E-state index contributed by atoms with van der Waals surface area (Å²) in [5.74, 6) is 0. The minimum atomic E-state index is -0.184. The van der Waals surface area contributed by atoms with Gasteiger partial charge in [-0.15, -0.1) is 0 Å². The van der Waals surface area contributed by atoms with E-state index in [2.05, 4.69) is 0 Å². The quantitative estimate of drug-likeness (QED) is 0.740. The second-order valence-corrected chi connectivity index (χ2v) is 4.48. The van der Waals surface area contributed by atoms with Gasteiger partial charge in [0.1, 0.15) is 0 Å². The maximum Gasteiger partial charge on any atom is 0.253 e. The molecule has 0 aliphatic heterocycles. The molecule has 3 heteroatoms. The standard InChI is InChI=1S/C11H18N2O/c1-5-9-6-8(12)7-10(14)13(9)11(2,3)4/h6-7H,5,12H2,1-4H3. The van der Waals surface area contributed by atoms with E-state index >= 15 is 0 Å². The molecule has 2 N–H and O–H groups in total. The van der Waals surface area contributed by atoms with E-state index in [0.717, 1.165) is 12.1 Å². The number of nitrogens with zero attached hydrogens (tertiary/aromatic N) is 1. The van der Waals surface area contributed by atoms with Gasteiger partial charge in [0.25, 0.3) is 5.56 Å². The Labute approximate surface area is 84.6 Å². The van der Waals surface area contributed by atoms with Crippen molar-refractivity contribution in [2.24, 2.45) is 0 Å². The number of pyridine rings is 1. The summed E-state index contributed by atoms with van der Waals surface area (Å²) in [5.41, 5.74) is 6.97. The summed E-state index contributed by atoms with van der Waals surface area (Å²) in [6.07, 6.45) is 0.817. The van der Waals surface area contributed by atoms with Crippen molar-refractivity contribution < 1.29 is 0 Å². The SMILES string of the molecule is CCc1cc(N)cc(=O)n1C(C)(C)C. The van der Waals surface area contributed by atoms with Crippen molar-refractivity contribution >= 4 is 5.69 Å². The highest BCUT2D eigenvalue weighted by molar-refractivity contribution is 5.38. The van der Waals surface area contributed by atoms with Crippen LogP contribution in [0.15, 0.2) is 16.9 Å². The zero-order chi connectivity index (χ0) is 10.9. The highest BCUT2D eigenvalue weighted by Gasteiger charge is 2.17. The number of aryl methyl sites for hydroxylation is 1. The van der Waals surface area contributed by atoms with Crippen LogP contribution in [0, 0.1) is 0 Å². The van der Waals surface area contributed by atoms with Crippen molar-refractivity contribution in [1.29, 1.82) is 0 Å². The van der Waals surface area contributed by atoms with Gasteiger partial charge in [-0.3, -0.25) is 4.79 Å². The minimum absolute atomic E-state index is 0.0191. The molecule has 0 aliphatic rings. The van der Waals surface area contributed by atoms with Crippen LogP contribution in [0.4, 0.5) is 5.69 Å². The van der Waals surface area contributed by atoms with Gasteiger partial charge < -0.3 is 10.3 Å². The van der Waals surface area contributed by atoms with E-state index in [1.165, 1.54) is 6.07 Å². The molecule has 0 bridgehead atoms. The molecule has 1 aromatic rings. The van der Waals surface area contributed by atoms with Crippen molar-refractivity contribution in [1.82, 2.24) is 4.57 Å². The van der Waals surface area contributed by atoms with Crippen molar-refractivity contribution in [2.45, 2.75) is 39.7 Å². The summed E-state index contributed by atoms with van der Waals surface area (Å²) in [4.78, 5) is 11.7.